The van der Waals surface area contributed by atoms with Crippen LogP contribution in [-0.4, -0.2) is 74.4 Å². The molecule has 0 aromatic heterocycles. The van der Waals surface area contributed by atoms with Crippen LogP contribution < -0.4 is 0 Å². The molecule has 0 aliphatic carbocycles. The monoisotopic (exact) mass is 308 g/mol. The maximum Gasteiger partial charge on any atom is 0.225 e. The molecule has 0 spiro atoms. The summed E-state index contributed by atoms with van der Waals surface area (Å²) in [6.07, 6.45) is 1.22. The lowest BCUT2D eigenvalue weighted by Crippen LogP contribution is -2.38. The first-order chi connectivity index (χ1) is 10.6. The van der Waals surface area contributed by atoms with Gasteiger partial charge in [-0.1, -0.05) is 30.3 Å². The van der Waals surface area contributed by atoms with Crippen LogP contribution in [0.2, 0.25) is 0 Å². The molecule has 22 heavy (non-hydrogen) atoms. The molecular weight excluding hydrogens is 280 g/mol. The number of rotatable bonds is 11. The number of amides is 1. The molecule has 5 heteroatoms. The van der Waals surface area contributed by atoms with Gasteiger partial charge in [-0.15, -0.1) is 0 Å². The summed E-state index contributed by atoms with van der Waals surface area (Å²) in [6, 6.07) is 10.1. The molecule has 0 heterocycles. The van der Waals surface area contributed by atoms with Crippen LogP contribution in [0.1, 0.15) is 12.0 Å². The van der Waals surface area contributed by atoms with Crippen LogP contribution in [-0.2, 0) is 16.0 Å². The summed E-state index contributed by atoms with van der Waals surface area (Å²) in [7, 11) is 3.93. The Labute approximate surface area is 133 Å². The molecular formula is C17H28N2O3. The van der Waals surface area contributed by atoms with Crippen molar-refractivity contribution in [3.05, 3.63) is 35.9 Å². The summed E-state index contributed by atoms with van der Waals surface area (Å²) in [5.74, 6) is 0.0376. The fraction of sp³-hybridized carbons (Fsp3) is 0.588. The Bertz CT molecular complexity index is 410. The highest BCUT2D eigenvalue weighted by atomic mass is 16.5. The average molecular weight is 308 g/mol. The van der Waals surface area contributed by atoms with E-state index in [0.717, 1.165) is 13.0 Å². The maximum atomic E-state index is 12.1. The summed E-state index contributed by atoms with van der Waals surface area (Å²) in [6.45, 7) is 2.85. The van der Waals surface area contributed by atoms with E-state index in [1.54, 1.807) is 4.90 Å². The van der Waals surface area contributed by atoms with E-state index in [4.69, 9.17) is 9.84 Å². The van der Waals surface area contributed by atoms with Gasteiger partial charge in [-0.05, 0) is 26.1 Å². The largest absolute Gasteiger partial charge is 0.395 e. The van der Waals surface area contributed by atoms with Gasteiger partial charge < -0.3 is 19.6 Å². The Morgan fingerprint density at radius 3 is 2.45 bits per heavy atom. The van der Waals surface area contributed by atoms with Gasteiger partial charge in [-0.2, -0.15) is 0 Å². The van der Waals surface area contributed by atoms with Crippen molar-refractivity contribution in [2.24, 2.45) is 0 Å². The quantitative estimate of drug-likeness (QED) is 0.620. The lowest BCUT2D eigenvalue weighted by Gasteiger charge is -2.23. The standard InChI is InChI=1S/C17H28N2O3/c1-18(2)10-11-19(12-13-20)17(21)9-15-22-14-8-16-6-4-3-5-7-16/h3-7,20H,8-15H2,1-2H3. The molecule has 124 valence electrons. The molecule has 0 saturated carbocycles. The zero-order valence-corrected chi connectivity index (χ0v) is 13.7. The number of benzene rings is 1. The fourth-order valence-corrected chi connectivity index (χ4v) is 2.06. The van der Waals surface area contributed by atoms with E-state index in [0.29, 0.717) is 32.7 Å². The third kappa shape index (κ3) is 8.12. The minimum Gasteiger partial charge on any atom is -0.395 e. The Kier molecular flexibility index (Phi) is 9.46. The van der Waals surface area contributed by atoms with E-state index in [2.05, 4.69) is 12.1 Å². The molecule has 0 unspecified atom stereocenters. The molecule has 5 nitrogen and oxygen atoms in total. The van der Waals surface area contributed by atoms with Gasteiger partial charge in [0.25, 0.3) is 0 Å². The van der Waals surface area contributed by atoms with Gasteiger partial charge in [0, 0.05) is 19.6 Å². The first-order valence-electron chi connectivity index (χ1n) is 7.78. The smallest absolute Gasteiger partial charge is 0.225 e. The Balaban J connectivity index is 2.19. The highest BCUT2D eigenvalue weighted by Gasteiger charge is 2.12. The molecule has 1 aromatic carbocycles. The van der Waals surface area contributed by atoms with Gasteiger partial charge in [0.05, 0.1) is 26.2 Å². The Morgan fingerprint density at radius 1 is 1.09 bits per heavy atom. The van der Waals surface area contributed by atoms with E-state index in [1.165, 1.54) is 5.56 Å². The van der Waals surface area contributed by atoms with E-state index < -0.39 is 0 Å². The summed E-state index contributed by atoms with van der Waals surface area (Å²) < 4.78 is 5.54. The maximum absolute atomic E-state index is 12.1. The van der Waals surface area contributed by atoms with Gasteiger partial charge in [0.2, 0.25) is 5.91 Å². The van der Waals surface area contributed by atoms with Crippen molar-refractivity contribution in [3.8, 4) is 0 Å². The molecule has 1 N–H and O–H groups in total. The van der Waals surface area contributed by atoms with Crippen molar-refractivity contribution in [1.82, 2.24) is 9.80 Å². The highest BCUT2D eigenvalue weighted by Crippen LogP contribution is 2.01. The van der Waals surface area contributed by atoms with Crippen LogP contribution in [0.15, 0.2) is 30.3 Å². The van der Waals surface area contributed by atoms with Crippen LogP contribution in [0.4, 0.5) is 0 Å². The number of hydrogen-bond acceptors (Lipinski definition) is 4. The molecule has 1 amide bonds. The van der Waals surface area contributed by atoms with Crippen molar-refractivity contribution >= 4 is 5.91 Å². The molecule has 0 radical (unpaired) electrons. The second kappa shape index (κ2) is 11.2. The second-order valence-electron chi connectivity index (χ2n) is 5.51. The number of nitrogens with zero attached hydrogens (tertiary/aromatic N) is 2. The van der Waals surface area contributed by atoms with Crippen molar-refractivity contribution in [2.75, 3.05) is 53.6 Å². The number of likely N-dealkylation sites (N-methyl/N-ethyl adjacent to an activating group) is 1. The number of carbonyl (C=O) groups is 1. The van der Waals surface area contributed by atoms with Crippen molar-refractivity contribution < 1.29 is 14.6 Å². The van der Waals surface area contributed by atoms with Gasteiger partial charge in [0.15, 0.2) is 0 Å². The number of carbonyl (C=O) groups excluding carboxylic acids is 1. The summed E-state index contributed by atoms with van der Waals surface area (Å²) in [5, 5.41) is 9.05. The van der Waals surface area contributed by atoms with E-state index in [9.17, 15) is 4.79 Å². The molecule has 0 bridgehead atoms. The van der Waals surface area contributed by atoms with Crippen molar-refractivity contribution in [3.63, 3.8) is 0 Å². The topological polar surface area (TPSA) is 53.0 Å². The highest BCUT2D eigenvalue weighted by molar-refractivity contribution is 5.76. The predicted molar refractivity (Wildman–Crippen MR) is 87.8 cm³/mol. The molecule has 0 saturated heterocycles. The Morgan fingerprint density at radius 2 is 1.82 bits per heavy atom. The van der Waals surface area contributed by atoms with E-state index >= 15 is 0 Å². The van der Waals surface area contributed by atoms with Gasteiger partial charge in [0.1, 0.15) is 0 Å². The van der Waals surface area contributed by atoms with Gasteiger partial charge >= 0.3 is 0 Å². The van der Waals surface area contributed by atoms with E-state index in [-0.39, 0.29) is 12.5 Å². The van der Waals surface area contributed by atoms with Crippen molar-refractivity contribution in [2.45, 2.75) is 12.8 Å². The lowest BCUT2D eigenvalue weighted by atomic mass is 10.2. The summed E-state index contributed by atoms with van der Waals surface area (Å²) >= 11 is 0. The predicted octanol–water partition coefficient (Wildman–Crippen LogP) is 1.02. The summed E-state index contributed by atoms with van der Waals surface area (Å²) in [5.41, 5.74) is 1.24. The van der Waals surface area contributed by atoms with Crippen LogP contribution in [0.25, 0.3) is 0 Å². The fourth-order valence-electron chi connectivity index (χ4n) is 2.06. The summed E-state index contributed by atoms with van der Waals surface area (Å²) in [4.78, 5) is 15.8. The molecule has 0 aliphatic heterocycles. The first kappa shape index (κ1) is 18.6. The molecule has 0 atom stereocenters. The van der Waals surface area contributed by atoms with Gasteiger partial charge in [-0.25, -0.2) is 0 Å². The number of aliphatic hydroxyl groups excluding tert-OH is 1. The molecule has 0 fully saturated rings. The van der Waals surface area contributed by atoms with Crippen LogP contribution in [0.3, 0.4) is 0 Å². The first-order valence-corrected chi connectivity index (χ1v) is 7.78. The molecule has 0 aliphatic rings. The lowest BCUT2D eigenvalue weighted by molar-refractivity contribution is -0.133. The average Bonchev–Trinajstić information content (AvgIpc) is 2.51. The van der Waals surface area contributed by atoms with Crippen molar-refractivity contribution in [1.29, 1.82) is 0 Å². The third-order valence-electron chi connectivity index (χ3n) is 3.38. The zero-order chi connectivity index (χ0) is 16.2. The van der Waals surface area contributed by atoms with Crippen LogP contribution in [0.5, 0.6) is 0 Å². The number of ether oxygens (including phenoxy) is 1. The minimum atomic E-state index is -0.00592. The minimum absolute atomic E-state index is 0.00592. The number of aliphatic hydroxyl groups is 1. The third-order valence-corrected chi connectivity index (χ3v) is 3.38. The number of hydrogen-bond donors (Lipinski definition) is 1. The normalized spacial score (nSPS) is 10.9. The zero-order valence-electron chi connectivity index (χ0n) is 13.7. The van der Waals surface area contributed by atoms with Crippen LogP contribution >= 0.6 is 0 Å². The van der Waals surface area contributed by atoms with Gasteiger partial charge in [-0.3, -0.25) is 4.79 Å². The SMILES string of the molecule is CN(C)CCN(CCO)C(=O)CCOCCc1ccccc1. The Hall–Kier alpha value is -1.43. The second-order valence-corrected chi connectivity index (χ2v) is 5.51. The molecule has 1 aromatic rings. The van der Waals surface area contributed by atoms with E-state index in [1.807, 2.05) is 37.2 Å². The van der Waals surface area contributed by atoms with Crippen LogP contribution in [0, 0.1) is 0 Å². The molecule has 1 rings (SSSR count).